The Kier molecular flexibility index (Phi) is 7.59. The van der Waals surface area contributed by atoms with Crippen LogP contribution in [0.25, 0.3) is 0 Å². The lowest BCUT2D eigenvalue weighted by molar-refractivity contribution is -0.149. The Morgan fingerprint density at radius 1 is 1.30 bits per heavy atom. The summed E-state index contributed by atoms with van der Waals surface area (Å²) in [6.07, 6.45) is 0.0833. The summed E-state index contributed by atoms with van der Waals surface area (Å²) >= 11 is 1.09. The molecule has 0 saturated carbocycles. The third kappa shape index (κ3) is 5.49. The number of nitrogen functional groups attached to an aromatic ring is 1. The second-order valence-electron chi connectivity index (χ2n) is 8.87. The number of aromatic nitrogens is 1. The van der Waals surface area contributed by atoms with E-state index in [4.69, 9.17) is 10.4 Å². The van der Waals surface area contributed by atoms with Crippen LogP contribution in [0.3, 0.4) is 0 Å². The number of nitrogens with zero attached hydrogens (tertiary/aromatic N) is 3. The van der Waals surface area contributed by atoms with Crippen LogP contribution >= 0.6 is 11.3 Å². The van der Waals surface area contributed by atoms with Crippen molar-refractivity contribution < 1.29 is 33.7 Å². The van der Waals surface area contributed by atoms with Crippen LogP contribution in [0.15, 0.2) is 23.6 Å². The molecule has 1 unspecified atom stereocenters. The van der Waals surface area contributed by atoms with Gasteiger partial charge in [0.05, 0.1) is 11.3 Å². The molecule has 2 aliphatic rings. The number of piperazine rings is 1. The highest BCUT2D eigenvalue weighted by atomic mass is 32.1. The van der Waals surface area contributed by atoms with Crippen molar-refractivity contribution in [1.29, 1.82) is 0 Å². The molecular weight excluding hydrogens is 501 g/mol. The number of carbonyl (C=O) groups excluding carboxylic acids is 5. The summed E-state index contributed by atoms with van der Waals surface area (Å²) in [5, 5.41) is 14.9. The number of benzene rings is 1. The zero-order chi connectivity index (χ0) is 26.9. The van der Waals surface area contributed by atoms with Crippen LogP contribution in [0, 0.1) is 0 Å². The number of nitrogens with one attached hydrogen (secondary N) is 1. The number of likely N-dealkylation sites (N-methyl/N-ethyl adjacent to an activating group) is 1. The van der Waals surface area contributed by atoms with Gasteiger partial charge < -0.3 is 25.6 Å². The maximum absolute atomic E-state index is 13.4. The number of imide groups is 1. The van der Waals surface area contributed by atoms with Gasteiger partial charge in [-0.05, 0) is 31.9 Å². The van der Waals surface area contributed by atoms with Gasteiger partial charge in [0.25, 0.3) is 0 Å². The highest BCUT2D eigenvalue weighted by molar-refractivity contribution is 7.13. The first kappa shape index (κ1) is 26.3. The van der Waals surface area contributed by atoms with Crippen molar-refractivity contribution in [2.75, 3.05) is 25.4 Å². The lowest BCUT2D eigenvalue weighted by atomic mass is 9.64. The van der Waals surface area contributed by atoms with E-state index in [0.717, 1.165) is 21.1 Å². The predicted molar refractivity (Wildman–Crippen MR) is 134 cm³/mol. The molecule has 12 nitrogen and oxygen atoms in total. The van der Waals surface area contributed by atoms with Crippen LogP contribution in [-0.2, 0) is 20.8 Å². The first-order chi connectivity index (χ1) is 17.6. The third-order valence-corrected chi connectivity index (χ3v) is 7.04. The highest BCUT2D eigenvalue weighted by Gasteiger charge is 2.40. The molecule has 4 rings (SSSR count). The lowest BCUT2D eigenvalue weighted by Crippen LogP contribution is -2.58. The molecule has 194 valence electrons. The van der Waals surface area contributed by atoms with E-state index in [1.807, 2.05) is 0 Å². The molecule has 1 saturated heterocycles. The Balaban J connectivity index is 1.51. The number of urea groups is 1. The second-order valence-corrected chi connectivity index (χ2v) is 9.76. The smallest absolute Gasteiger partial charge is 0.526 e. The topological polar surface area (TPSA) is 172 Å². The zero-order valence-corrected chi connectivity index (χ0v) is 21.1. The quantitative estimate of drug-likeness (QED) is 0.268. The minimum absolute atomic E-state index is 0.186. The summed E-state index contributed by atoms with van der Waals surface area (Å²) in [4.78, 5) is 69.0. The largest absolute Gasteiger partial charge is 0.535 e. The van der Waals surface area contributed by atoms with Crippen LogP contribution in [0.4, 0.5) is 9.93 Å². The maximum atomic E-state index is 13.4. The molecule has 14 heteroatoms. The van der Waals surface area contributed by atoms with Crippen LogP contribution < -0.4 is 15.7 Å². The molecule has 2 aromatic rings. The van der Waals surface area contributed by atoms with E-state index >= 15 is 0 Å². The van der Waals surface area contributed by atoms with E-state index in [2.05, 4.69) is 10.3 Å². The van der Waals surface area contributed by atoms with E-state index < -0.39 is 42.6 Å². The molecular formula is C23H26BN5O7S. The van der Waals surface area contributed by atoms with E-state index in [9.17, 15) is 29.0 Å². The minimum Gasteiger partial charge on any atom is -0.535 e. The Morgan fingerprint density at radius 3 is 2.59 bits per heavy atom. The fourth-order valence-corrected chi connectivity index (χ4v) is 5.06. The molecule has 2 atom stereocenters. The van der Waals surface area contributed by atoms with Gasteiger partial charge in [-0.1, -0.05) is 12.1 Å². The van der Waals surface area contributed by atoms with Gasteiger partial charge in [0.15, 0.2) is 16.7 Å². The Morgan fingerprint density at radius 2 is 2.00 bits per heavy atom. The summed E-state index contributed by atoms with van der Waals surface area (Å²) in [6, 6.07) is 3.06. The van der Waals surface area contributed by atoms with E-state index in [1.54, 1.807) is 25.1 Å². The third-order valence-electron chi connectivity index (χ3n) is 6.35. The Labute approximate surface area is 216 Å². The van der Waals surface area contributed by atoms with Gasteiger partial charge in [0.2, 0.25) is 11.8 Å². The molecule has 0 radical (unpaired) electrons. The zero-order valence-electron chi connectivity index (χ0n) is 20.3. The number of fused-ring (bicyclic) bond motifs is 1. The number of Topliss-reactive ketones (excluding diaryl/α,β-unsaturated/α-hetero) is 2. The molecule has 1 aromatic heterocycles. The summed E-state index contributed by atoms with van der Waals surface area (Å²) in [6.45, 7) is 2.65. The van der Waals surface area contributed by atoms with Gasteiger partial charge >= 0.3 is 13.1 Å². The fourth-order valence-electron chi connectivity index (χ4n) is 4.47. The van der Waals surface area contributed by atoms with Crippen LogP contribution in [0.5, 0.6) is 5.75 Å². The predicted octanol–water partition coefficient (Wildman–Crippen LogP) is 0.814. The standard InChI is InChI=1S/C23H26BN5O7S/c1-3-29-18(32)9-28(10-19(29)33)23(34)27-20(16-11-37-22(25)26-16)17(31)8-14-7-13-5-4-6-15(12(2)30)21(13)36-24(14)35/h4-6,11,14,20,35H,3,7-10H2,1-2H3,(H2,25,26)(H,27,34)/t14-,20?/m1/s1. The molecule has 0 spiro atoms. The van der Waals surface area contributed by atoms with Gasteiger partial charge in [-0.25, -0.2) is 9.78 Å². The molecule has 4 N–H and O–H groups in total. The first-order valence-corrected chi connectivity index (χ1v) is 12.6. The van der Waals surface area contributed by atoms with E-state index in [-0.39, 0.29) is 49.1 Å². The SMILES string of the molecule is CCN1C(=O)CN(C(=O)NC(C(=O)C[C@H]2Cc3cccc(C(C)=O)c3OB2O)c2csc(N)n2)CC1=O. The number of anilines is 1. The van der Waals surface area contributed by atoms with Gasteiger partial charge in [-0.15, -0.1) is 11.3 Å². The maximum Gasteiger partial charge on any atom is 0.526 e. The van der Waals surface area contributed by atoms with Crippen molar-refractivity contribution >= 4 is 53.0 Å². The van der Waals surface area contributed by atoms with Crippen LogP contribution in [-0.4, -0.2) is 76.0 Å². The summed E-state index contributed by atoms with van der Waals surface area (Å²) < 4.78 is 5.62. The van der Waals surface area contributed by atoms with Gasteiger partial charge in [0.1, 0.15) is 24.9 Å². The Bertz CT molecular complexity index is 1250. The molecule has 1 aromatic carbocycles. The number of para-hydroxylation sites is 1. The molecule has 4 amide bonds. The highest BCUT2D eigenvalue weighted by Crippen LogP contribution is 2.37. The molecule has 1 fully saturated rings. The van der Waals surface area contributed by atoms with Gasteiger partial charge in [-0.2, -0.15) is 0 Å². The van der Waals surface area contributed by atoms with Crippen molar-refractivity contribution in [2.45, 2.75) is 38.5 Å². The first-order valence-electron chi connectivity index (χ1n) is 11.7. The van der Waals surface area contributed by atoms with Crippen LogP contribution in [0.2, 0.25) is 5.82 Å². The molecule has 3 heterocycles. The summed E-state index contributed by atoms with van der Waals surface area (Å²) in [5.74, 6) is -2.07. The normalized spacial score (nSPS) is 18.2. The average molecular weight is 527 g/mol. The number of ketones is 2. The molecule has 2 aliphatic heterocycles. The van der Waals surface area contributed by atoms with Crippen molar-refractivity contribution in [3.05, 3.63) is 40.4 Å². The van der Waals surface area contributed by atoms with Crippen molar-refractivity contribution in [3.63, 3.8) is 0 Å². The summed E-state index contributed by atoms with van der Waals surface area (Å²) in [5.41, 5.74) is 6.98. The van der Waals surface area contributed by atoms with Gasteiger partial charge in [-0.3, -0.25) is 24.1 Å². The second kappa shape index (κ2) is 10.7. The monoisotopic (exact) mass is 527 g/mol. The number of rotatable bonds is 7. The van der Waals surface area contributed by atoms with Crippen molar-refractivity contribution in [3.8, 4) is 5.75 Å². The number of amides is 4. The number of carbonyl (C=O) groups is 5. The lowest BCUT2D eigenvalue weighted by Gasteiger charge is -2.33. The van der Waals surface area contributed by atoms with Crippen molar-refractivity contribution in [1.82, 2.24) is 20.1 Å². The van der Waals surface area contributed by atoms with Gasteiger partial charge in [0, 0.05) is 24.2 Å². The minimum atomic E-state index is -1.36. The van der Waals surface area contributed by atoms with Crippen molar-refractivity contribution in [2.24, 2.45) is 0 Å². The molecule has 0 bridgehead atoms. The summed E-state index contributed by atoms with van der Waals surface area (Å²) in [7, 11) is -1.36. The van der Waals surface area contributed by atoms with E-state index in [1.165, 1.54) is 12.3 Å². The number of hydrogen-bond donors (Lipinski definition) is 3. The average Bonchev–Trinajstić information content (AvgIpc) is 3.27. The fraction of sp³-hybridized carbons (Fsp3) is 0.391. The van der Waals surface area contributed by atoms with E-state index in [0.29, 0.717) is 16.9 Å². The number of hydrogen-bond acceptors (Lipinski definition) is 10. The molecule has 37 heavy (non-hydrogen) atoms. The number of nitrogens with two attached hydrogens (primary N) is 1. The van der Waals surface area contributed by atoms with Crippen LogP contribution in [0.1, 0.15) is 47.9 Å². The number of thiazole rings is 1. The molecule has 0 aliphatic carbocycles. The Hall–Kier alpha value is -3.78.